The van der Waals surface area contributed by atoms with Crippen LogP contribution < -0.4 is 5.32 Å². The van der Waals surface area contributed by atoms with Crippen LogP contribution in [-0.2, 0) is 0 Å². The molecule has 0 spiro atoms. The van der Waals surface area contributed by atoms with Gasteiger partial charge >= 0.3 is 0 Å². The van der Waals surface area contributed by atoms with Gasteiger partial charge in [0.05, 0.1) is 12.1 Å². The van der Waals surface area contributed by atoms with E-state index in [1.54, 1.807) is 0 Å². The molecule has 7 heteroatoms. The molecule has 20 heavy (non-hydrogen) atoms. The fourth-order valence-corrected chi connectivity index (χ4v) is 2.54. The first kappa shape index (κ1) is 14.9. The summed E-state index contributed by atoms with van der Waals surface area (Å²) in [6, 6.07) is 2.04. The van der Waals surface area contributed by atoms with Crippen LogP contribution >= 0.6 is 11.8 Å². The summed E-state index contributed by atoms with van der Waals surface area (Å²) < 4.78 is 26.5. The Labute approximate surface area is 119 Å². The van der Waals surface area contributed by atoms with Crippen LogP contribution in [0.1, 0.15) is 6.92 Å². The molecule has 0 bridgehead atoms. The molecule has 2 N–H and O–H groups in total. The van der Waals surface area contributed by atoms with Gasteiger partial charge in [0.1, 0.15) is 12.1 Å². The number of hydrogen-bond acceptors (Lipinski definition) is 5. The third kappa shape index (κ3) is 2.99. The van der Waals surface area contributed by atoms with Crippen LogP contribution in [0.25, 0.3) is 10.9 Å². The van der Waals surface area contributed by atoms with Crippen LogP contribution in [0.15, 0.2) is 18.5 Å². The predicted octanol–water partition coefficient (Wildman–Crippen LogP) is 2.43. The molecule has 0 radical (unpaired) electrons. The highest BCUT2D eigenvalue weighted by Gasteiger charge is 2.17. The van der Waals surface area contributed by atoms with Gasteiger partial charge in [0.25, 0.3) is 0 Å². The Kier molecular flexibility index (Phi) is 4.72. The largest absolute Gasteiger partial charge is 0.395 e. The molecule has 0 unspecified atom stereocenters. The molecule has 4 nitrogen and oxygen atoms in total. The second kappa shape index (κ2) is 6.32. The number of thioether (sulfide) groups is 1. The lowest BCUT2D eigenvalue weighted by atomic mass is 10.2. The number of rotatable bonds is 5. The Morgan fingerprint density at radius 1 is 1.30 bits per heavy atom. The minimum Gasteiger partial charge on any atom is -0.395 e. The Bertz CT molecular complexity index is 607. The number of aliphatic hydroxyl groups is 1. The van der Waals surface area contributed by atoms with Gasteiger partial charge in [0.2, 0.25) is 0 Å². The lowest BCUT2D eigenvalue weighted by Crippen LogP contribution is -2.31. The molecule has 2 atom stereocenters. The maximum Gasteiger partial charge on any atom is 0.161 e. The number of aliphatic hydroxyl groups excluding tert-OH is 1. The second-order valence-electron chi connectivity index (χ2n) is 4.40. The van der Waals surface area contributed by atoms with E-state index in [4.69, 9.17) is 0 Å². The van der Waals surface area contributed by atoms with Crippen molar-refractivity contribution in [2.45, 2.75) is 18.2 Å². The van der Waals surface area contributed by atoms with Gasteiger partial charge in [-0.05, 0) is 19.2 Å². The molecule has 0 fully saturated rings. The number of hydrogen-bond donors (Lipinski definition) is 2. The summed E-state index contributed by atoms with van der Waals surface area (Å²) in [6.07, 6.45) is 3.19. The van der Waals surface area contributed by atoms with Crippen LogP contribution in [0.3, 0.4) is 0 Å². The van der Waals surface area contributed by atoms with E-state index in [-0.39, 0.29) is 17.9 Å². The molecular weight excluding hydrogens is 284 g/mol. The summed E-state index contributed by atoms with van der Waals surface area (Å²) in [5.41, 5.74) is 0.332. The van der Waals surface area contributed by atoms with Crippen molar-refractivity contribution in [2.24, 2.45) is 0 Å². The molecule has 0 aliphatic heterocycles. The highest BCUT2D eigenvalue weighted by atomic mass is 32.2. The highest BCUT2D eigenvalue weighted by molar-refractivity contribution is 7.99. The van der Waals surface area contributed by atoms with E-state index in [1.165, 1.54) is 18.1 Å². The van der Waals surface area contributed by atoms with E-state index >= 15 is 0 Å². The number of nitrogens with zero attached hydrogens (tertiary/aromatic N) is 2. The zero-order valence-corrected chi connectivity index (χ0v) is 11.9. The lowest BCUT2D eigenvalue weighted by molar-refractivity contribution is 0.288. The third-order valence-corrected chi connectivity index (χ3v) is 4.24. The molecule has 0 saturated heterocycles. The van der Waals surface area contributed by atoms with Crippen molar-refractivity contribution in [1.82, 2.24) is 9.97 Å². The average Bonchev–Trinajstić information content (AvgIpc) is 2.42. The zero-order chi connectivity index (χ0) is 14.7. The van der Waals surface area contributed by atoms with Gasteiger partial charge in [-0.25, -0.2) is 18.7 Å². The molecule has 2 aromatic rings. The minimum absolute atomic E-state index is 0.0152. The summed E-state index contributed by atoms with van der Waals surface area (Å²) in [5, 5.41) is 12.8. The first-order chi connectivity index (χ1) is 9.56. The topological polar surface area (TPSA) is 58.0 Å². The SMILES string of the molecule is CS[C@@H](CO)[C@@H](C)Nc1ncnc2cc(F)c(F)cc12. The van der Waals surface area contributed by atoms with Crippen molar-refractivity contribution in [3.05, 3.63) is 30.1 Å². The van der Waals surface area contributed by atoms with Gasteiger partial charge in [-0.2, -0.15) is 11.8 Å². The molecule has 0 aliphatic rings. The van der Waals surface area contributed by atoms with Crippen molar-refractivity contribution in [1.29, 1.82) is 0 Å². The zero-order valence-electron chi connectivity index (χ0n) is 11.1. The monoisotopic (exact) mass is 299 g/mol. The number of anilines is 1. The quantitative estimate of drug-likeness (QED) is 0.888. The van der Waals surface area contributed by atoms with E-state index < -0.39 is 11.6 Å². The number of fused-ring (bicyclic) bond motifs is 1. The van der Waals surface area contributed by atoms with Gasteiger partial charge in [-0.15, -0.1) is 0 Å². The van der Waals surface area contributed by atoms with Crippen molar-refractivity contribution in [3.63, 3.8) is 0 Å². The first-order valence-corrected chi connectivity index (χ1v) is 7.35. The first-order valence-electron chi connectivity index (χ1n) is 6.06. The fourth-order valence-electron chi connectivity index (χ4n) is 1.91. The van der Waals surface area contributed by atoms with E-state index in [0.29, 0.717) is 16.7 Å². The smallest absolute Gasteiger partial charge is 0.161 e. The van der Waals surface area contributed by atoms with Gasteiger partial charge in [-0.3, -0.25) is 0 Å². The summed E-state index contributed by atoms with van der Waals surface area (Å²) in [4.78, 5) is 7.99. The summed E-state index contributed by atoms with van der Waals surface area (Å²) >= 11 is 1.52. The van der Waals surface area contributed by atoms with E-state index in [1.807, 2.05) is 13.2 Å². The standard InChI is InChI=1S/C13H15F2N3OS/c1-7(12(5-19)20-2)18-13-8-3-9(14)10(15)4-11(8)16-6-17-13/h3-4,6-7,12,19H,5H2,1-2H3,(H,16,17,18)/t7-,12+/m1/s1. The highest BCUT2D eigenvalue weighted by Crippen LogP contribution is 2.24. The van der Waals surface area contributed by atoms with Gasteiger partial charge in [0, 0.05) is 22.7 Å². The maximum atomic E-state index is 13.4. The normalized spacial score (nSPS) is 14.2. The average molecular weight is 299 g/mol. The van der Waals surface area contributed by atoms with Gasteiger partial charge in [0.15, 0.2) is 11.6 Å². The van der Waals surface area contributed by atoms with Crippen molar-refractivity contribution in [2.75, 3.05) is 18.2 Å². The molecule has 0 aliphatic carbocycles. The molecule has 1 heterocycles. The third-order valence-electron chi connectivity index (χ3n) is 3.08. The number of nitrogens with one attached hydrogen (secondary N) is 1. The Hall–Kier alpha value is -1.47. The van der Waals surface area contributed by atoms with Crippen molar-refractivity contribution >= 4 is 28.5 Å². The minimum atomic E-state index is -0.938. The second-order valence-corrected chi connectivity index (χ2v) is 5.47. The summed E-state index contributed by atoms with van der Waals surface area (Å²) in [6.45, 7) is 1.91. The fraction of sp³-hybridized carbons (Fsp3) is 0.385. The van der Waals surface area contributed by atoms with Crippen LogP contribution in [0.5, 0.6) is 0 Å². The van der Waals surface area contributed by atoms with E-state index in [9.17, 15) is 13.9 Å². The Morgan fingerprint density at radius 3 is 2.65 bits per heavy atom. The molecular formula is C13H15F2N3OS. The molecule has 2 rings (SSSR count). The maximum absolute atomic E-state index is 13.4. The van der Waals surface area contributed by atoms with Gasteiger partial charge < -0.3 is 10.4 Å². The molecule has 1 aromatic heterocycles. The van der Waals surface area contributed by atoms with Crippen LogP contribution in [-0.4, -0.2) is 39.2 Å². The predicted molar refractivity (Wildman–Crippen MR) is 76.9 cm³/mol. The van der Waals surface area contributed by atoms with Crippen molar-refractivity contribution < 1.29 is 13.9 Å². The number of aromatic nitrogens is 2. The molecule has 108 valence electrons. The number of benzene rings is 1. The lowest BCUT2D eigenvalue weighted by Gasteiger charge is -2.22. The Morgan fingerprint density at radius 2 is 2.00 bits per heavy atom. The van der Waals surface area contributed by atoms with Crippen molar-refractivity contribution in [3.8, 4) is 0 Å². The van der Waals surface area contributed by atoms with Crippen LogP contribution in [0, 0.1) is 11.6 Å². The molecule has 0 saturated carbocycles. The number of halogens is 2. The molecule has 0 amide bonds. The van der Waals surface area contributed by atoms with Crippen LogP contribution in [0.4, 0.5) is 14.6 Å². The Balaban J connectivity index is 2.37. The van der Waals surface area contributed by atoms with E-state index in [2.05, 4.69) is 15.3 Å². The van der Waals surface area contributed by atoms with Gasteiger partial charge in [-0.1, -0.05) is 0 Å². The van der Waals surface area contributed by atoms with Crippen LogP contribution in [0.2, 0.25) is 0 Å². The summed E-state index contributed by atoms with van der Waals surface area (Å²) in [7, 11) is 0. The molecule has 1 aromatic carbocycles. The van der Waals surface area contributed by atoms with E-state index in [0.717, 1.165) is 12.1 Å². The summed E-state index contributed by atoms with van der Waals surface area (Å²) in [5.74, 6) is -1.45.